The molecule has 4 heteroatoms. The normalized spacial score (nSPS) is 12.7. The number of pyridine rings is 1. The predicted molar refractivity (Wildman–Crippen MR) is 76.3 cm³/mol. The summed E-state index contributed by atoms with van der Waals surface area (Å²) < 4.78 is 7.72. The fourth-order valence-electron chi connectivity index (χ4n) is 1.74. The Morgan fingerprint density at radius 1 is 1.47 bits per heavy atom. The SMILES string of the molecule is [3H]c1ccccc1C(=O)NC(C)c1ncc(C)cc1Cl. The number of halogens is 1. The highest BCUT2D eigenvalue weighted by molar-refractivity contribution is 6.31. The van der Waals surface area contributed by atoms with Crippen molar-refractivity contribution in [1.82, 2.24) is 10.3 Å². The van der Waals surface area contributed by atoms with Gasteiger partial charge in [-0.1, -0.05) is 29.8 Å². The summed E-state index contributed by atoms with van der Waals surface area (Å²) in [6.07, 6.45) is 1.71. The van der Waals surface area contributed by atoms with Gasteiger partial charge in [-0.2, -0.15) is 0 Å². The Balaban J connectivity index is 2.17. The highest BCUT2D eigenvalue weighted by Crippen LogP contribution is 2.21. The monoisotopic (exact) mass is 276 g/mol. The Labute approximate surface area is 119 Å². The maximum absolute atomic E-state index is 12.1. The standard InChI is InChI=1S/C15H15ClN2O/c1-10-8-13(16)14(17-9-10)11(2)18-15(19)12-6-4-3-5-7-12/h3-9,11H,1-2H3,(H,18,19)/i6T. The number of carbonyl (C=O) groups is 1. The van der Waals surface area contributed by atoms with Crippen LogP contribution in [0.1, 0.15) is 36.0 Å². The van der Waals surface area contributed by atoms with Crippen LogP contribution < -0.4 is 5.32 Å². The van der Waals surface area contributed by atoms with E-state index in [-0.39, 0.29) is 18.0 Å². The molecule has 1 atom stereocenters. The Morgan fingerprint density at radius 3 is 2.95 bits per heavy atom. The molecule has 0 saturated heterocycles. The molecule has 1 aromatic heterocycles. The molecular formula is C15H15ClN2O. The average Bonchev–Trinajstić information content (AvgIpc) is 2.38. The van der Waals surface area contributed by atoms with Crippen LogP contribution in [0.3, 0.4) is 0 Å². The molecule has 0 aliphatic carbocycles. The van der Waals surface area contributed by atoms with Gasteiger partial charge in [0, 0.05) is 11.8 Å². The van der Waals surface area contributed by atoms with Crippen LogP contribution in [0, 0.1) is 6.92 Å². The van der Waals surface area contributed by atoms with Crippen molar-refractivity contribution in [2.24, 2.45) is 0 Å². The van der Waals surface area contributed by atoms with E-state index >= 15 is 0 Å². The minimum absolute atomic E-state index is 0.195. The highest BCUT2D eigenvalue weighted by atomic mass is 35.5. The molecule has 2 aromatic rings. The molecule has 0 fully saturated rings. The van der Waals surface area contributed by atoms with Gasteiger partial charge >= 0.3 is 0 Å². The van der Waals surface area contributed by atoms with Crippen LogP contribution in [0.25, 0.3) is 0 Å². The van der Waals surface area contributed by atoms with Gasteiger partial charge in [0.25, 0.3) is 5.91 Å². The first-order valence-corrected chi connectivity index (χ1v) is 6.35. The van der Waals surface area contributed by atoms with E-state index in [2.05, 4.69) is 10.3 Å². The molecule has 98 valence electrons. The Hall–Kier alpha value is -1.87. The topological polar surface area (TPSA) is 42.0 Å². The van der Waals surface area contributed by atoms with Crippen molar-refractivity contribution in [3.8, 4) is 0 Å². The number of nitrogens with one attached hydrogen (secondary N) is 1. The van der Waals surface area contributed by atoms with Crippen LogP contribution in [0.4, 0.5) is 0 Å². The lowest BCUT2D eigenvalue weighted by Crippen LogP contribution is -2.27. The zero-order valence-corrected chi connectivity index (χ0v) is 11.5. The summed E-state index contributed by atoms with van der Waals surface area (Å²) in [5.74, 6) is -0.304. The third-order valence-electron chi connectivity index (χ3n) is 2.72. The molecule has 1 N–H and O–H groups in total. The summed E-state index contributed by atoms with van der Waals surface area (Å²) in [5, 5.41) is 3.33. The number of carbonyl (C=O) groups excluding carboxylic acids is 1. The fourth-order valence-corrected chi connectivity index (χ4v) is 2.12. The Morgan fingerprint density at radius 2 is 2.26 bits per heavy atom. The summed E-state index contributed by atoms with van der Waals surface area (Å²) in [6.45, 7) is 3.72. The molecule has 0 spiro atoms. The minimum atomic E-state index is -0.324. The molecule has 1 aromatic carbocycles. The van der Waals surface area contributed by atoms with E-state index < -0.39 is 0 Å². The largest absolute Gasteiger partial charge is 0.344 e. The summed E-state index contributed by atoms with van der Waals surface area (Å²) in [5.41, 5.74) is 1.92. The van der Waals surface area contributed by atoms with Gasteiger partial charge in [-0.05, 0) is 37.6 Å². The van der Waals surface area contributed by atoms with E-state index in [0.717, 1.165) is 5.56 Å². The smallest absolute Gasteiger partial charge is 0.251 e. The zero-order chi connectivity index (χ0) is 14.7. The van der Waals surface area contributed by atoms with Gasteiger partial charge in [0.1, 0.15) is 0 Å². The lowest BCUT2D eigenvalue weighted by molar-refractivity contribution is 0.0939. The maximum atomic E-state index is 12.1. The second-order valence-electron chi connectivity index (χ2n) is 4.35. The van der Waals surface area contributed by atoms with Crippen LogP contribution in [0.15, 0.2) is 42.6 Å². The van der Waals surface area contributed by atoms with Gasteiger partial charge in [0.2, 0.25) is 0 Å². The molecule has 1 unspecified atom stereocenters. The lowest BCUT2D eigenvalue weighted by Gasteiger charge is -2.15. The first-order chi connectivity index (χ1) is 9.49. The van der Waals surface area contributed by atoms with Crippen molar-refractivity contribution in [1.29, 1.82) is 0 Å². The highest BCUT2D eigenvalue weighted by Gasteiger charge is 2.15. The van der Waals surface area contributed by atoms with E-state index in [1.54, 1.807) is 30.5 Å². The van der Waals surface area contributed by atoms with Crippen LogP contribution in [0.5, 0.6) is 0 Å². The van der Waals surface area contributed by atoms with Crippen LogP contribution >= 0.6 is 11.6 Å². The molecule has 1 heterocycles. The molecule has 0 aliphatic rings. The third kappa shape index (κ3) is 3.32. The molecule has 1 amide bonds. The van der Waals surface area contributed by atoms with Crippen LogP contribution in [0.2, 0.25) is 5.02 Å². The van der Waals surface area contributed by atoms with Gasteiger partial charge in [-0.25, -0.2) is 0 Å². The average molecular weight is 277 g/mol. The van der Waals surface area contributed by atoms with Gasteiger partial charge in [0.15, 0.2) is 0 Å². The van der Waals surface area contributed by atoms with Crippen LogP contribution in [-0.2, 0) is 0 Å². The van der Waals surface area contributed by atoms with Gasteiger partial charge in [-0.3, -0.25) is 9.78 Å². The summed E-state index contributed by atoms with van der Waals surface area (Å²) in [7, 11) is 0. The molecule has 0 aliphatic heterocycles. The number of benzene rings is 1. The number of hydrogen-bond acceptors (Lipinski definition) is 2. The van der Waals surface area contributed by atoms with Crippen molar-refractivity contribution >= 4 is 17.5 Å². The summed E-state index contributed by atoms with van der Waals surface area (Å²) in [6, 6.07) is 8.33. The first kappa shape index (κ1) is 12.2. The van der Waals surface area contributed by atoms with Crippen molar-refractivity contribution in [2.75, 3.05) is 0 Å². The van der Waals surface area contributed by atoms with E-state index in [1.807, 2.05) is 19.9 Å². The van der Waals surface area contributed by atoms with E-state index in [9.17, 15) is 4.79 Å². The number of aryl methyl sites for hydroxylation is 1. The van der Waals surface area contributed by atoms with Crippen molar-refractivity contribution < 1.29 is 6.17 Å². The van der Waals surface area contributed by atoms with E-state index in [0.29, 0.717) is 16.3 Å². The van der Waals surface area contributed by atoms with Crippen molar-refractivity contribution in [2.45, 2.75) is 19.9 Å². The van der Waals surface area contributed by atoms with Gasteiger partial charge in [-0.15, -0.1) is 0 Å². The lowest BCUT2D eigenvalue weighted by atomic mass is 10.1. The van der Waals surface area contributed by atoms with E-state index in [4.69, 9.17) is 13.0 Å². The zero-order valence-electron chi connectivity index (χ0n) is 11.8. The summed E-state index contributed by atoms with van der Waals surface area (Å²) in [4.78, 5) is 16.4. The fraction of sp³-hybridized carbons (Fsp3) is 0.200. The quantitative estimate of drug-likeness (QED) is 0.932. The number of nitrogens with zero attached hydrogens (tertiary/aromatic N) is 1. The number of amides is 1. The molecule has 0 saturated carbocycles. The van der Waals surface area contributed by atoms with Gasteiger partial charge < -0.3 is 5.32 Å². The molecule has 0 bridgehead atoms. The summed E-state index contributed by atoms with van der Waals surface area (Å²) >= 11 is 6.13. The molecule has 19 heavy (non-hydrogen) atoms. The first-order valence-electron chi connectivity index (χ1n) is 6.47. The molecular weight excluding hydrogens is 260 g/mol. The Kier molecular flexibility index (Phi) is 3.75. The minimum Gasteiger partial charge on any atom is -0.344 e. The van der Waals surface area contributed by atoms with Crippen LogP contribution in [-0.4, -0.2) is 10.9 Å². The number of hydrogen-bond donors (Lipinski definition) is 1. The van der Waals surface area contributed by atoms with Crippen molar-refractivity contribution in [3.63, 3.8) is 0 Å². The van der Waals surface area contributed by atoms with Gasteiger partial charge in [0.05, 0.1) is 18.1 Å². The molecule has 3 nitrogen and oxygen atoms in total. The maximum Gasteiger partial charge on any atom is 0.251 e. The second kappa shape index (κ2) is 5.85. The third-order valence-corrected chi connectivity index (χ3v) is 3.02. The number of aromatic nitrogens is 1. The van der Waals surface area contributed by atoms with Crippen molar-refractivity contribution in [3.05, 3.63) is 64.4 Å². The van der Waals surface area contributed by atoms with E-state index in [1.165, 1.54) is 0 Å². The number of rotatable bonds is 3. The Bertz CT molecular complexity index is 646. The predicted octanol–water partition coefficient (Wildman–Crippen LogP) is 3.53. The molecule has 2 rings (SSSR count). The second-order valence-corrected chi connectivity index (χ2v) is 4.76. The molecule has 0 radical (unpaired) electrons.